The van der Waals surface area contributed by atoms with Crippen molar-refractivity contribution in [3.8, 4) is 5.75 Å². The molecule has 0 aliphatic carbocycles. The van der Waals surface area contributed by atoms with E-state index in [1.165, 1.54) is 10.9 Å². The fraction of sp³-hybridized carbons (Fsp3) is 0.500. The third-order valence-electron chi connectivity index (χ3n) is 7.99. The van der Waals surface area contributed by atoms with Gasteiger partial charge in [0.15, 0.2) is 0 Å². The second-order valence-electron chi connectivity index (χ2n) is 10.2. The first-order valence-electron chi connectivity index (χ1n) is 13.0. The van der Waals surface area contributed by atoms with Crippen LogP contribution in [0.4, 0.5) is 0 Å². The Kier molecular flexibility index (Phi) is 6.44. The first-order valence-corrected chi connectivity index (χ1v) is 13.0. The van der Waals surface area contributed by atoms with E-state index in [2.05, 4.69) is 31.9 Å². The van der Waals surface area contributed by atoms with Gasteiger partial charge in [-0.1, -0.05) is 6.07 Å². The Morgan fingerprint density at radius 3 is 2.77 bits per heavy atom. The molecule has 184 valence electrons. The molecule has 0 spiro atoms. The summed E-state index contributed by atoms with van der Waals surface area (Å²) < 4.78 is 11.4. The number of carbonyl (C=O) groups excluding carboxylic acids is 1. The molecule has 3 aliphatic rings. The molecular weight excluding hydrogens is 440 g/mol. The Hall–Kier alpha value is -2.90. The van der Waals surface area contributed by atoms with Gasteiger partial charge in [0.2, 0.25) is 0 Å². The fourth-order valence-electron chi connectivity index (χ4n) is 6.28. The maximum atomic E-state index is 13.6. The molecule has 0 radical (unpaired) electrons. The summed E-state index contributed by atoms with van der Waals surface area (Å²) >= 11 is 0. The zero-order valence-electron chi connectivity index (χ0n) is 20.2. The third kappa shape index (κ3) is 4.80. The highest BCUT2D eigenvalue weighted by atomic mass is 16.5. The number of aromatic nitrogens is 2. The minimum atomic E-state index is 0.159. The Bertz CT molecular complexity index is 1160. The summed E-state index contributed by atoms with van der Waals surface area (Å²) in [7, 11) is 0. The van der Waals surface area contributed by atoms with Gasteiger partial charge in [0, 0.05) is 55.1 Å². The standard InChI is InChI=1S/C28H34N4O3/c33-28(22-2-1-3-25(19-22)35-15-12-31-10-13-34-14-11-31)32-23-4-5-24(32)18-20(17-23)16-21-6-8-29-27-26(21)7-9-30-27/h1-3,6-9,19-20,23-24H,4-5,10-18H2,(H,29,30)/t23-,24-/m0/s1. The van der Waals surface area contributed by atoms with E-state index in [4.69, 9.17) is 9.47 Å². The summed E-state index contributed by atoms with van der Waals surface area (Å²) in [6, 6.07) is 12.7. The molecule has 3 aliphatic heterocycles. The van der Waals surface area contributed by atoms with Crippen molar-refractivity contribution in [2.45, 2.75) is 44.2 Å². The highest BCUT2D eigenvalue weighted by Crippen LogP contribution is 2.41. The first kappa shape index (κ1) is 22.6. The minimum absolute atomic E-state index is 0.159. The number of aromatic amines is 1. The van der Waals surface area contributed by atoms with Crippen LogP contribution < -0.4 is 4.74 Å². The number of hydrogen-bond acceptors (Lipinski definition) is 5. The zero-order valence-corrected chi connectivity index (χ0v) is 20.2. The summed E-state index contributed by atoms with van der Waals surface area (Å²) in [6.45, 7) is 5.00. The van der Waals surface area contributed by atoms with Crippen LogP contribution in [0.5, 0.6) is 5.75 Å². The van der Waals surface area contributed by atoms with E-state index in [-0.39, 0.29) is 5.91 Å². The van der Waals surface area contributed by atoms with E-state index >= 15 is 0 Å². The molecule has 5 heterocycles. The van der Waals surface area contributed by atoms with Crippen LogP contribution >= 0.6 is 0 Å². The number of H-pyrrole nitrogens is 1. The largest absolute Gasteiger partial charge is 0.492 e. The van der Waals surface area contributed by atoms with Gasteiger partial charge in [-0.15, -0.1) is 0 Å². The average Bonchev–Trinajstić information content (AvgIpc) is 3.47. The van der Waals surface area contributed by atoms with Crippen molar-refractivity contribution in [2.24, 2.45) is 5.92 Å². The molecule has 3 fully saturated rings. The van der Waals surface area contributed by atoms with Crippen LogP contribution in [0.15, 0.2) is 48.8 Å². The molecule has 1 amide bonds. The van der Waals surface area contributed by atoms with Crippen LogP contribution in [-0.4, -0.2) is 77.2 Å². The molecule has 6 rings (SSSR count). The van der Waals surface area contributed by atoms with Gasteiger partial charge in [-0.2, -0.15) is 0 Å². The number of pyridine rings is 1. The Labute approximate surface area is 206 Å². The van der Waals surface area contributed by atoms with Gasteiger partial charge < -0.3 is 19.4 Å². The zero-order chi connectivity index (χ0) is 23.6. The van der Waals surface area contributed by atoms with Gasteiger partial charge in [-0.25, -0.2) is 4.98 Å². The lowest BCUT2D eigenvalue weighted by Crippen LogP contribution is -2.46. The second kappa shape index (κ2) is 9.99. The van der Waals surface area contributed by atoms with Crippen molar-refractivity contribution in [2.75, 3.05) is 39.5 Å². The molecule has 0 unspecified atom stereocenters. The summed E-state index contributed by atoms with van der Waals surface area (Å²) in [5, 5.41) is 1.23. The molecule has 3 aromatic rings. The van der Waals surface area contributed by atoms with Crippen LogP contribution in [0.3, 0.4) is 0 Å². The number of carbonyl (C=O) groups is 1. The van der Waals surface area contributed by atoms with Crippen molar-refractivity contribution in [3.05, 3.63) is 59.9 Å². The average molecular weight is 475 g/mol. The van der Waals surface area contributed by atoms with Gasteiger partial charge >= 0.3 is 0 Å². The summed E-state index contributed by atoms with van der Waals surface area (Å²) in [5.74, 6) is 1.54. The normalized spacial score (nSPS) is 24.7. The summed E-state index contributed by atoms with van der Waals surface area (Å²) in [6.07, 6.45) is 9.29. The molecule has 0 saturated carbocycles. The smallest absolute Gasteiger partial charge is 0.254 e. The van der Waals surface area contributed by atoms with Gasteiger partial charge in [0.05, 0.1) is 13.2 Å². The molecule has 7 heteroatoms. The molecule has 3 saturated heterocycles. The van der Waals surface area contributed by atoms with Crippen LogP contribution in [0, 0.1) is 5.92 Å². The van der Waals surface area contributed by atoms with E-state index in [0.717, 1.165) is 81.9 Å². The van der Waals surface area contributed by atoms with Gasteiger partial charge in [0.1, 0.15) is 18.0 Å². The quantitative estimate of drug-likeness (QED) is 0.562. The van der Waals surface area contributed by atoms with Crippen molar-refractivity contribution in [1.29, 1.82) is 0 Å². The van der Waals surface area contributed by atoms with E-state index in [1.54, 1.807) is 0 Å². The van der Waals surface area contributed by atoms with E-state index in [1.807, 2.05) is 36.7 Å². The van der Waals surface area contributed by atoms with Crippen LogP contribution in [-0.2, 0) is 11.2 Å². The predicted octanol–water partition coefficient (Wildman–Crippen LogP) is 3.90. The van der Waals surface area contributed by atoms with E-state index in [0.29, 0.717) is 24.6 Å². The van der Waals surface area contributed by atoms with Crippen LogP contribution in [0.1, 0.15) is 41.6 Å². The molecule has 35 heavy (non-hydrogen) atoms. The second-order valence-corrected chi connectivity index (χ2v) is 10.2. The Morgan fingerprint density at radius 2 is 1.94 bits per heavy atom. The number of hydrogen-bond donors (Lipinski definition) is 1. The molecule has 7 nitrogen and oxygen atoms in total. The van der Waals surface area contributed by atoms with Crippen LogP contribution in [0.2, 0.25) is 0 Å². The third-order valence-corrected chi connectivity index (χ3v) is 7.99. The van der Waals surface area contributed by atoms with Crippen molar-refractivity contribution >= 4 is 16.9 Å². The minimum Gasteiger partial charge on any atom is -0.492 e. The summed E-state index contributed by atoms with van der Waals surface area (Å²) in [5.41, 5.74) is 3.07. The number of piperidine rings is 1. The fourth-order valence-corrected chi connectivity index (χ4v) is 6.28. The van der Waals surface area contributed by atoms with Crippen molar-refractivity contribution in [1.82, 2.24) is 19.8 Å². The number of rotatable bonds is 7. The van der Waals surface area contributed by atoms with E-state index in [9.17, 15) is 4.79 Å². The predicted molar refractivity (Wildman–Crippen MR) is 135 cm³/mol. The molecule has 1 aromatic carbocycles. The molecule has 2 bridgehead atoms. The highest BCUT2D eigenvalue weighted by molar-refractivity contribution is 5.95. The maximum absolute atomic E-state index is 13.6. The van der Waals surface area contributed by atoms with E-state index < -0.39 is 0 Å². The Morgan fingerprint density at radius 1 is 1.11 bits per heavy atom. The molecular formula is C28H34N4O3. The Balaban J connectivity index is 1.08. The number of nitrogens with zero attached hydrogens (tertiary/aromatic N) is 3. The maximum Gasteiger partial charge on any atom is 0.254 e. The number of benzene rings is 1. The van der Waals surface area contributed by atoms with Crippen molar-refractivity contribution < 1.29 is 14.3 Å². The van der Waals surface area contributed by atoms with Gasteiger partial charge in [-0.3, -0.25) is 9.69 Å². The number of nitrogens with one attached hydrogen (secondary N) is 1. The lowest BCUT2D eigenvalue weighted by atomic mass is 9.85. The monoisotopic (exact) mass is 474 g/mol. The number of amides is 1. The van der Waals surface area contributed by atoms with Crippen molar-refractivity contribution in [3.63, 3.8) is 0 Å². The number of fused-ring (bicyclic) bond motifs is 3. The van der Waals surface area contributed by atoms with Gasteiger partial charge in [0.25, 0.3) is 5.91 Å². The molecule has 1 N–H and O–H groups in total. The lowest BCUT2D eigenvalue weighted by Gasteiger charge is -2.39. The summed E-state index contributed by atoms with van der Waals surface area (Å²) in [4.78, 5) is 25.8. The highest BCUT2D eigenvalue weighted by Gasteiger charge is 2.43. The number of morpholine rings is 1. The van der Waals surface area contributed by atoms with Gasteiger partial charge in [-0.05, 0) is 73.9 Å². The first-order chi connectivity index (χ1) is 17.2. The lowest BCUT2D eigenvalue weighted by molar-refractivity contribution is 0.0322. The topological polar surface area (TPSA) is 70.7 Å². The SMILES string of the molecule is O=C(c1cccc(OCCN2CCOCC2)c1)N1[C@H]2CC[C@H]1CC(Cc1ccnc3[nH]ccc13)C2. The number of ether oxygens (including phenoxy) is 2. The molecule has 2 atom stereocenters. The van der Waals surface area contributed by atoms with Crippen LogP contribution in [0.25, 0.3) is 11.0 Å². The molecule has 2 aromatic heterocycles.